The number of nitrogens with two attached hydrogens (primary N) is 1. The summed E-state index contributed by atoms with van der Waals surface area (Å²) in [5.41, 5.74) is 9.79. The lowest BCUT2D eigenvalue weighted by Gasteiger charge is -2.29. The van der Waals surface area contributed by atoms with E-state index in [9.17, 15) is 0 Å². The molecule has 18 heavy (non-hydrogen) atoms. The summed E-state index contributed by atoms with van der Waals surface area (Å²) >= 11 is 0. The Morgan fingerprint density at radius 1 is 1.00 bits per heavy atom. The molecule has 0 aromatic heterocycles. The maximum Gasteiger partial charge on any atom is 0.0633 e. The first-order chi connectivity index (χ1) is 8.84. The molecule has 2 N–H and O–H groups in total. The van der Waals surface area contributed by atoms with Crippen LogP contribution in [0.2, 0.25) is 0 Å². The van der Waals surface area contributed by atoms with Crippen molar-refractivity contribution in [3.05, 3.63) is 23.8 Å². The van der Waals surface area contributed by atoms with Crippen molar-refractivity contribution in [2.45, 2.75) is 25.7 Å². The molecule has 0 saturated carbocycles. The van der Waals surface area contributed by atoms with E-state index in [4.69, 9.17) is 5.73 Å². The summed E-state index contributed by atoms with van der Waals surface area (Å²) < 4.78 is 0. The molecule has 98 valence electrons. The number of nitrogens with zero attached hydrogens (tertiary/aromatic N) is 2. The highest BCUT2D eigenvalue weighted by Crippen LogP contribution is 2.33. The molecule has 2 heterocycles. The van der Waals surface area contributed by atoms with E-state index in [0.29, 0.717) is 0 Å². The third kappa shape index (κ3) is 2.32. The van der Waals surface area contributed by atoms with Crippen LogP contribution in [0, 0.1) is 0 Å². The Balaban J connectivity index is 1.62. The van der Waals surface area contributed by atoms with Crippen molar-refractivity contribution in [2.75, 3.05) is 43.4 Å². The summed E-state index contributed by atoms with van der Waals surface area (Å²) in [7, 11) is 0. The van der Waals surface area contributed by atoms with E-state index in [1.54, 1.807) is 0 Å². The minimum absolute atomic E-state index is 0.948. The minimum atomic E-state index is 0.948. The quantitative estimate of drug-likeness (QED) is 0.828. The second kappa shape index (κ2) is 5.19. The van der Waals surface area contributed by atoms with Gasteiger partial charge in [-0.15, -0.1) is 0 Å². The summed E-state index contributed by atoms with van der Waals surface area (Å²) in [6.45, 7) is 6.02. The zero-order valence-electron chi connectivity index (χ0n) is 11.1. The second-order valence-corrected chi connectivity index (χ2v) is 5.49. The molecule has 0 spiro atoms. The molecule has 0 aliphatic carbocycles. The second-order valence-electron chi connectivity index (χ2n) is 5.49. The Labute approximate surface area is 110 Å². The van der Waals surface area contributed by atoms with E-state index < -0.39 is 0 Å². The van der Waals surface area contributed by atoms with E-state index in [1.807, 2.05) is 6.07 Å². The Morgan fingerprint density at radius 2 is 1.83 bits per heavy atom. The maximum atomic E-state index is 6.12. The number of nitrogen functional groups attached to an aromatic ring is 1. The highest BCUT2D eigenvalue weighted by Gasteiger charge is 2.21. The fourth-order valence-corrected chi connectivity index (χ4v) is 3.23. The van der Waals surface area contributed by atoms with Crippen LogP contribution in [0.1, 0.15) is 24.8 Å². The number of rotatable bonds is 3. The zero-order chi connectivity index (χ0) is 12.4. The number of anilines is 2. The van der Waals surface area contributed by atoms with Gasteiger partial charge in [-0.25, -0.2) is 0 Å². The largest absolute Gasteiger partial charge is 0.397 e. The lowest BCUT2D eigenvalue weighted by molar-refractivity contribution is 0.233. The summed E-state index contributed by atoms with van der Waals surface area (Å²) in [5.74, 6) is 0. The molecule has 1 fully saturated rings. The van der Waals surface area contributed by atoms with Gasteiger partial charge in [0.1, 0.15) is 0 Å². The summed E-state index contributed by atoms with van der Waals surface area (Å²) in [5, 5.41) is 0. The molecule has 0 amide bonds. The Kier molecular flexibility index (Phi) is 3.41. The molecule has 3 rings (SSSR count). The standard InChI is InChI=1S/C15H23N3/c16-14-6-4-5-13-7-10-18(15(13)14)12-11-17-8-2-1-3-9-17/h4-6H,1-3,7-12,16H2. The van der Waals surface area contributed by atoms with Crippen LogP contribution in [0.4, 0.5) is 11.4 Å². The van der Waals surface area contributed by atoms with Gasteiger partial charge in [-0.3, -0.25) is 0 Å². The molecular formula is C15H23N3. The third-order valence-electron chi connectivity index (χ3n) is 4.25. The number of fused-ring (bicyclic) bond motifs is 1. The van der Waals surface area contributed by atoms with Gasteiger partial charge in [0.25, 0.3) is 0 Å². The summed E-state index contributed by atoms with van der Waals surface area (Å²) in [6.07, 6.45) is 5.31. The molecule has 3 nitrogen and oxygen atoms in total. The highest BCUT2D eigenvalue weighted by atomic mass is 15.2. The normalized spacial score (nSPS) is 20.1. The third-order valence-corrected chi connectivity index (χ3v) is 4.25. The van der Waals surface area contributed by atoms with Gasteiger partial charge in [0, 0.05) is 19.6 Å². The fourth-order valence-electron chi connectivity index (χ4n) is 3.23. The van der Waals surface area contributed by atoms with Crippen molar-refractivity contribution in [1.29, 1.82) is 0 Å². The first kappa shape index (κ1) is 11.8. The van der Waals surface area contributed by atoms with E-state index in [-0.39, 0.29) is 0 Å². The Bertz CT molecular complexity index is 410. The monoisotopic (exact) mass is 245 g/mol. The molecule has 2 aliphatic rings. The van der Waals surface area contributed by atoms with Crippen LogP contribution in [-0.2, 0) is 6.42 Å². The van der Waals surface area contributed by atoms with Crippen LogP contribution in [0.15, 0.2) is 18.2 Å². The number of likely N-dealkylation sites (tertiary alicyclic amines) is 1. The molecule has 2 aliphatic heterocycles. The summed E-state index contributed by atoms with van der Waals surface area (Å²) in [6, 6.07) is 6.31. The number of hydrogen-bond acceptors (Lipinski definition) is 3. The number of piperidine rings is 1. The van der Waals surface area contributed by atoms with E-state index >= 15 is 0 Å². The van der Waals surface area contributed by atoms with Crippen LogP contribution in [-0.4, -0.2) is 37.6 Å². The predicted octanol–water partition coefficient (Wildman–Crippen LogP) is 2.12. The van der Waals surface area contributed by atoms with Crippen molar-refractivity contribution in [3.63, 3.8) is 0 Å². The van der Waals surface area contributed by atoms with Gasteiger partial charge in [0.15, 0.2) is 0 Å². The van der Waals surface area contributed by atoms with E-state index in [0.717, 1.165) is 25.2 Å². The molecule has 0 unspecified atom stereocenters. The van der Waals surface area contributed by atoms with Crippen molar-refractivity contribution in [3.8, 4) is 0 Å². The van der Waals surface area contributed by atoms with Gasteiger partial charge in [0.05, 0.1) is 11.4 Å². The molecule has 0 atom stereocenters. The first-order valence-corrected chi connectivity index (χ1v) is 7.19. The van der Waals surface area contributed by atoms with Gasteiger partial charge < -0.3 is 15.5 Å². The van der Waals surface area contributed by atoms with Crippen LogP contribution in [0.25, 0.3) is 0 Å². The van der Waals surface area contributed by atoms with Gasteiger partial charge in [-0.05, 0) is 44.0 Å². The molecule has 3 heteroatoms. The molecule has 0 radical (unpaired) electrons. The van der Waals surface area contributed by atoms with Gasteiger partial charge >= 0.3 is 0 Å². The average Bonchev–Trinajstić information content (AvgIpc) is 2.82. The van der Waals surface area contributed by atoms with Gasteiger partial charge in [0.2, 0.25) is 0 Å². The molecule has 1 saturated heterocycles. The van der Waals surface area contributed by atoms with Crippen LogP contribution < -0.4 is 10.6 Å². The smallest absolute Gasteiger partial charge is 0.0633 e. The Hall–Kier alpha value is -1.22. The van der Waals surface area contributed by atoms with Crippen molar-refractivity contribution in [1.82, 2.24) is 4.90 Å². The van der Waals surface area contributed by atoms with Gasteiger partial charge in [-0.1, -0.05) is 18.6 Å². The zero-order valence-corrected chi connectivity index (χ0v) is 11.1. The maximum absolute atomic E-state index is 6.12. The van der Waals surface area contributed by atoms with Gasteiger partial charge in [-0.2, -0.15) is 0 Å². The lowest BCUT2D eigenvalue weighted by atomic mass is 10.1. The van der Waals surface area contributed by atoms with Crippen LogP contribution in [0.3, 0.4) is 0 Å². The van der Waals surface area contributed by atoms with Crippen LogP contribution in [0.5, 0.6) is 0 Å². The lowest BCUT2D eigenvalue weighted by Crippen LogP contribution is -2.37. The average molecular weight is 245 g/mol. The van der Waals surface area contributed by atoms with E-state index in [1.165, 1.54) is 50.1 Å². The predicted molar refractivity (Wildman–Crippen MR) is 77.1 cm³/mol. The minimum Gasteiger partial charge on any atom is -0.397 e. The molecule has 1 aromatic carbocycles. The van der Waals surface area contributed by atoms with Crippen LogP contribution >= 0.6 is 0 Å². The van der Waals surface area contributed by atoms with E-state index in [2.05, 4.69) is 21.9 Å². The highest BCUT2D eigenvalue weighted by molar-refractivity contribution is 5.74. The van der Waals surface area contributed by atoms with Crippen molar-refractivity contribution >= 4 is 11.4 Å². The summed E-state index contributed by atoms with van der Waals surface area (Å²) in [4.78, 5) is 5.07. The number of para-hydroxylation sites is 1. The fraction of sp³-hybridized carbons (Fsp3) is 0.600. The molecule has 1 aromatic rings. The Morgan fingerprint density at radius 3 is 2.67 bits per heavy atom. The number of benzene rings is 1. The van der Waals surface area contributed by atoms with Crippen molar-refractivity contribution in [2.24, 2.45) is 0 Å². The SMILES string of the molecule is Nc1cccc2c1N(CCN1CCCCC1)CC2. The first-order valence-electron chi connectivity index (χ1n) is 7.19. The molecule has 0 bridgehead atoms. The molecular weight excluding hydrogens is 222 g/mol. The van der Waals surface area contributed by atoms with Crippen molar-refractivity contribution < 1.29 is 0 Å². The number of hydrogen-bond donors (Lipinski definition) is 1. The topological polar surface area (TPSA) is 32.5 Å².